The maximum Gasteiger partial charge on any atom is 0.164 e. The fourth-order valence-electron chi connectivity index (χ4n) is 13.8. The van der Waals surface area contributed by atoms with Crippen molar-refractivity contribution in [2.24, 2.45) is 0 Å². The lowest BCUT2D eigenvalue weighted by Crippen LogP contribution is -2.04. The van der Waals surface area contributed by atoms with Gasteiger partial charge in [0.1, 0.15) is 0 Å². The Kier molecular flexibility index (Phi) is 15.7. The molecule has 18 heteroatoms. The van der Waals surface area contributed by atoms with E-state index in [1.165, 1.54) is 48.5 Å². The van der Waals surface area contributed by atoms with Crippen LogP contribution in [-0.4, -0.2) is 29.1 Å². The van der Waals surface area contributed by atoms with Crippen LogP contribution in [0.2, 0.25) is 0 Å². The zero-order valence-corrected chi connectivity index (χ0v) is 53.8. The van der Waals surface area contributed by atoms with Gasteiger partial charge in [-0.1, -0.05) is 97.1 Å². The van der Waals surface area contributed by atoms with Gasteiger partial charge >= 0.3 is 0 Å². The Morgan fingerprint density at radius 3 is 0.827 bits per heavy atom. The molecule has 15 aromatic rings. The van der Waals surface area contributed by atoms with Gasteiger partial charge in [0.2, 0.25) is 0 Å². The highest BCUT2D eigenvalue weighted by atomic mass is 15.0. The minimum atomic E-state index is 0.0826. The number of pyridine rings is 1. The lowest BCUT2D eigenvalue weighted by Gasteiger charge is -2.19. The summed E-state index contributed by atoms with van der Waals surface area (Å²) in [6.45, 7) is 0. The third-order valence-corrected chi connectivity index (χ3v) is 18.2. The highest BCUT2D eigenvalue weighted by molar-refractivity contribution is 6.15. The number of rotatable bonds is 10. The Bertz CT molecular complexity index is 6390. The van der Waals surface area contributed by atoms with E-state index in [9.17, 15) is 63.1 Å². The van der Waals surface area contributed by atoms with Crippen molar-refractivity contribution in [2.75, 3.05) is 0 Å². The third kappa shape index (κ3) is 10.5. The molecular weight excluding hydrogens is 1290 g/mol. The molecule has 0 spiro atoms. The van der Waals surface area contributed by atoms with Crippen LogP contribution in [0, 0.1) is 136 Å². The molecule has 0 saturated carbocycles. The number of nitrogens with zero attached hydrogens (tertiary/aromatic N) is 18. The van der Waals surface area contributed by atoms with Gasteiger partial charge in [0, 0.05) is 84.0 Å². The number of benzene rings is 11. The predicted octanol–water partition coefficient (Wildman–Crippen LogP) is 17.3. The van der Waals surface area contributed by atoms with Crippen LogP contribution in [-0.2, 0) is 0 Å². The maximum atomic E-state index is 10.7. The van der Waals surface area contributed by atoms with Crippen LogP contribution in [0.3, 0.4) is 0 Å². The molecule has 0 fully saturated rings. The van der Waals surface area contributed by atoms with Crippen molar-refractivity contribution < 1.29 is 0 Å². The van der Waals surface area contributed by atoms with Gasteiger partial charge in [-0.25, -0.2) is 15.0 Å². The molecule has 0 saturated heterocycles. The molecule has 15 rings (SSSR count). The SMILES string of the molecule is N#Cc1cc(C#N)c(-c2ccc3c(c2)c2cc(-c4c(C#N)cc(C#N)cc4C#N)ccc2n3-c2ccncc2-c2ccc(-c3nc(-c4ccccc4)nc(-c4ccccc4)n3)cc2-n2c3ccc(-c4c(C#N)cc(C#N)cc4C#N)cc3c3cc(-c4c(C#N)cc(C#N)cc4C#N)ccc32)c(C#N)c1. The van der Waals surface area contributed by atoms with Crippen molar-refractivity contribution in [3.63, 3.8) is 0 Å². The van der Waals surface area contributed by atoms with Crippen molar-refractivity contribution in [1.82, 2.24) is 29.1 Å². The summed E-state index contributed by atoms with van der Waals surface area (Å²) in [5, 5.41) is 128. The highest BCUT2D eigenvalue weighted by Crippen LogP contribution is 2.47. The molecule has 0 atom stereocenters. The Hall–Kier alpha value is -16.9. The smallest absolute Gasteiger partial charge is 0.164 e. The zero-order valence-electron chi connectivity index (χ0n) is 53.8. The second kappa shape index (κ2) is 25.9. The van der Waals surface area contributed by atoms with Gasteiger partial charge in [0.25, 0.3) is 0 Å². The number of nitriles is 12. The van der Waals surface area contributed by atoms with Crippen LogP contribution in [0.15, 0.2) is 219 Å². The summed E-state index contributed by atoms with van der Waals surface area (Å²) in [5.74, 6) is 1.10. The minimum Gasteiger partial charge on any atom is -0.309 e. The van der Waals surface area contributed by atoms with Crippen molar-refractivity contribution in [3.05, 3.63) is 285 Å². The van der Waals surface area contributed by atoms with Gasteiger partial charge in [0.15, 0.2) is 17.5 Å². The second-order valence-electron chi connectivity index (χ2n) is 23.9. The summed E-state index contributed by atoms with van der Waals surface area (Å²) in [6.07, 6.45) is 3.40. The van der Waals surface area contributed by atoms with E-state index in [1.807, 2.05) is 143 Å². The molecule has 0 radical (unpaired) electrons. The van der Waals surface area contributed by atoms with Crippen LogP contribution >= 0.6 is 0 Å². The Morgan fingerprint density at radius 1 is 0.240 bits per heavy atom. The molecule has 0 bridgehead atoms. The van der Waals surface area contributed by atoms with Crippen LogP contribution < -0.4 is 0 Å². The van der Waals surface area contributed by atoms with Crippen molar-refractivity contribution in [2.45, 2.75) is 0 Å². The van der Waals surface area contributed by atoms with E-state index in [1.54, 1.807) is 36.7 Å². The average molecular weight is 1320 g/mol. The number of fused-ring (bicyclic) bond motifs is 6. The van der Waals surface area contributed by atoms with Crippen LogP contribution in [0.25, 0.3) is 145 Å². The average Bonchev–Trinajstić information content (AvgIpc) is 1.56. The third-order valence-electron chi connectivity index (χ3n) is 18.2. The van der Waals surface area contributed by atoms with Gasteiger partial charge in [-0.2, -0.15) is 63.1 Å². The minimum absolute atomic E-state index is 0.0826. The van der Waals surface area contributed by atoms with E-state index in [-0.39, 0.29) is 77.9 Å². The van der Waals surface area contributed by atoms with E-state index in [2.05, 4.69) is 72.8 Å². The standard InChI is InChI=1S/C86H36N18/c87-36-49-23-60(40-91)80(61(24-49)41-92)55-12-17-74-69(31-55)70-32-56(81-62(42-93)25-50(37-88)26-63(81)43-94)13-18-75(70)103(74)78-21-22-99-48-73(78)68-16-11-59(86-101-84(53-7-3-1-4-8-53)100-85(102-86)54-9-5-2-6-10-54)35-79(68)104-76-19-14-57(82-64(44-95)27-51(38-89)28-65(82)45-96)33-71(76)72-34-58(15-20-77(72)104)83-66(46-97)29-52(39-90)30-67(83)47-98/h1-35,48H. The van der Waals surface area contributed by atoms with E-state index in [0.717, 1.165) is 11.1 Å². The fourth-order valence-corrected chi connectivity index (χ4v) is 13.8. The van der Waals surface area contributed by atoms with E-state index >= 15 is 0 Å². The molecule has 0 aliphatic heterocycles. The molecular formula is C86H36N18. The molecule has 0 N–H and O–H groups in total. The summed E-state index contributed by atoms with van der Waals surface area (Å²) in [4.78, 5) is 20.2. The first kappa shape index (κ1) is 63.1. The molecule has 470 valence electrons. The van der Waals surface area contributed by atoms with E-state index < -0.39 is 0 Å². The summed E-state index contributed by atoms with van der Waals surface area (Å²) in [6, 6.07) is 86.1. The lowest BCUT2D eigenvalue weighted by atomic mass is 9.91. The van der Waals surface area contributed by atoms with Crippen LogP contribution in [0.5, 0.6) is 0 Å². The van der Waals surface area contributed by atoms with Crippen LogP contribution in [0.1, 0.15) is 66.8 Å². The van der Waals surface area contributed by atoms with Gasteiger partial charge in [-0.05, 0) is 131 Å². The summed E-state index contributed by atoms with van der Waals surface area (Å²) in [5.41, 5.74) is 10.9. The quantitative estimate of drug-likeness (QED) is 0.123. The molecule has 4 heterocycles. The molecule has 18 nitrogen and oxygen atoms in total. The van der Waals surface area contributed by atoms with Gasteiger partial charge in [-0.15, -0.1) is 0 Å². The van der Waals surface area contributed by atoms with Crippen molar-refractivity contribution in [1.29, 1.82) is 63.1 Å². The molecule has 0 amide bonds. The fraction of sp³-hybridized carbons (Fsp3) is 0. The predicted molar refractivity (Wildman–Crippen MR) is 386 cm³/mol. The number of hydrogen-bond acceptors (Lipinski definition) is 16. The summed E-state index contributed by atoms with van der Waals surface area (Å²) >= 11 is 0. The summed E-state index contributed by atoms with van der Waals surface area (Å²) < 4.78 is 4.09. The normalized spacial score (nSPS) is 10.6. The Balaban J connectivity index is 1.06. The van der Waals surface area contributed by atoms with Crippen molar-refractivity contribution in [3.8, 4) is 174 Å². The first-order valence-corrected chi connectivity index (χ1v) is 31.7. The molecule has 11 aromatic carbocycles. The van der Waals surface area contributed by atoms with Gasteiger partial charge in [0.05, 0.1) is 173 Å². The maximum absolute atomic E-state index is 10.7. The van der Waals surface area contributed by atoms with E-state index in [4.69, 9.17) is 19.9 Å². The molecule has 0 aliphatic rings. The molecule has 0 unspecified atom stereocenters. The van der Waals surface area contributed by atoms with E-state index in [0.29, 0.717) is 123 Å². The monoisotopic (exact) mass is 1320 g/mol. The Labute approximate surface area is 592 Å². The van der Waals surface area contributed by atoms with Gasteiger partial charge in [-0.3, -0.25) is 4.98 Å². The molecule has 104 heavy (non-hydrogen) atoms. The van der Waals surface area contributed by atoms with Crippen LogP contribution in [0.4, 0.5) is 0 Å². The largest absolute Gasteiger partial charge is 0.309 e. The first-order valence-electron chi connectivity index (χ1n) is 31.7. The van der Waals surface area contributed by atoms with Gasteiger partial charge < -0.3 is 9.13 Å². The lowest BCUT2D eigenvalue weighted by molar-refractivity contribution is 1.07. The second-order valence-corrected chi connectivity index (χ2v) is 23.9. The molecule has 0 aliphatic carbocycles. The molecule has 4 aromatic heterocycles. The number of hydrogen-bond donors (Lipinski definition) is 0. The van der Waals surface area contributed by atoms with Crippen molar-refractivity contribution >= 4 is 43.6 Å². The Morgan fingerprint density at radius 2 is 0.529 bits per heavy atom. The first-order chi connectivity index (χ1) is 51.0. The zero-order chi connectivity index (χ0) is 71.9. The topological polar surface area (TPSA) is 347 Å². The number of aromatic nitrogens is 6. The highest BCUT2D eigenvalue weighted by Gasteiger charge is 2.27. The summed E-state index contributed by atoms with van der Waals surface area (Å²) in [7, 11) is 0.